The third kappa shape index (κ3) is 9.77. The summed E-state index contributed by atoms with van der Waals surface area (Å²) < 4.78 is 0. The number of para-hydroxylation sites is 2. The molecule has 6 aromatic carbocycles. The van der Waals surface area contributed by atoms with Crippen molar-refractivity contribution in [2.45, 2.75) is 112 Å². The maximum Gasteiger partial charge on any atom is 0.249 e. The lowest BCUT2D eigenvalue weighted by molar-refractivity contribution is 0.590. The Morgan fingerprint density at radius 1 is 0.500 bits per heavy atom. The van der Waals surface area contributed by atoms with E-state index >= 15 is 0 Å². The summed E-state index contributed by atoms with van der Waals surface area (Å²) in [6.07, 6.45) is 8.40. The Morgan fingerprint density at radius 3 is 1.30 bits per heavy atom. The molecular weight excluding hydrogens is 926 g/mol. The van der Waals surface area contributed by atoms with Crippen LogP contribution in [0.2, 0.25) is 0 Å². The molecule has 8 heteroatoms. The second-order valence-electron chi connectivity index (χ2n) is 24.6. The van der Waals surface area contributed by atoms with E-state index in [1.54, 1.807) is 0 Å². The van der Waals surface area contributed by atoms with Crippen LogP contribution in [0.15, 0.2) is 210 Å². The fraction of sp³-hybridized carbons (Fsp3) is 0.250. The summed E-state index contributed by atoms with van der Waals surface area (Å²) in [6, 6.07) is 59.3. The topological polar surface area (TPSA) is 51.1 Å². The van der Waals surface area contributed by atoms with Crippen molar-refractivity contribution in [1.82, 2.24) is 9.97 Å². The van der Waals surface area contributed by atoms with E-state index < -0.39 is 0 Å². The van der Waals surface area contributed by atoms with Crippen molar-refractivity contribution in [2.24, 2.45) is 4.99 Å². The SMILES string of the molecule is C=N/C(=C\C1=C(C)B2c3cnc(N(c4ccc(C(C)(C)C)cc4)c4ccc(C(C)(C)C)cc4)cc3N(c3ccccc3)c3cncc(c32)N1c1ccccc1)N(c1ccc(C(C)(C)C)cc1)c1ccc(C(C)(C)C)cc1. The van der Waals surface area contributed by atoms with Gasteiger partial charge in [0.15, 0.2) is 0 Å². The van der Waals surface area contributed by atoms with Gasteiger partial charge in [0, 0.05) is 63.8 Å². The molecule has 0 aliphatic carbocycles. The molecule has 76 heavy (non-hydrogen) atoms. The summed E-state index contributed by atoms with van der Waals surface area (Å²) in [4.78, 5) is 24.8. The Morgan fingerprint density at radius 2 is 0.895 bits per heavy atom. The van der Waals surface area contributed by atoms with Gasteiger partial charge in [-0.15, -0.1) is 0 Å². The van der Waals surface area contributed by atoms with Crippen molar-refractivity contribution in [2.75, 3.05) is 19.6 Å². The van der Waals surface area contributed by atoms with Gasteiger partial charge in [0.05, 0.1) is 23.8 Å². The molecule has 2 aliphatic rings. The van der Waals surface area contributed by atoms with Crippen LogP contribution in [0.5, 0.6) is 0 Å². The fourth-order valence-electron chi connectivity index (χ4n) is 10.7. The number of pyridine rings is 2. The Hall–Kier alpha value is -7.97. The van der Waals surface area contributed by atoms with E-state index in [1.807, 2.05) is 12.4 Å². The number of hydrogen-bond acceptors (Lipinski definition) is 7. The maximum atomic E-state index is 5.51. The summed E-state index contributed by atoms with van der Waals surface area (Å²) in [5.74, 6) is 1.50. The highest BCUT2D eigenvalue weighted by molar-refractivity contribution is 6.95. The van der Waals surface area contributed by atoms with Crippen molar-refractivity contribution in [3.63, 3.8) is 0 Å². The Balaban J connectivity index is 1.21. The minimum absolute atomic E-state index is 0.00391. The van der Waals surface area contributed by atoms with Gasteiger partial charge in [-0.25, -0.2) is 9.98 Å². The van der Waals surface area contributed by atoms with Crippen LogP contribution >= 0.6 is 0 Å². The number of nitrogens with zero attached hydrogens (tertiary/aromatic N) is 7. The zero-order valence-electron chi connectivity index (χ0n) is 46.8. The smallest absolute Gasteiger partial charge is 0.249 e. The normalized spacial score (nSPS) is 13.9. The lowest BCUT2D eigenvalue weighted by Gasteiger charge is -2.44. The molecule has 382 valence electrons. The van der Waals surface area contributed by atoms with Crippen LogP contribution in [0.4, 0.5) is 57.0 Å². The second-order valence-corrected chi connectivity index (χ2v) is 24.6. The predicted molar refractivity (Wildman–Crippen MR) is 325 cm³/mol. The highest BCUT2D eigenvalue weighted by Gasteiger charge is 2.44. The van der Waals surface area contributed by atoms with Gasteiger partial charge in [-0.3, -0.25) is 14.8 Å². The van der Waals surface area contributed by atoms with Crippen LogP contribution < -0.4 is 30.5 Å². The van der Waals surface area contributed by atoms with Gasteiger partial charge in [0.1, 0.15) is 11.6 Å². The van der Waals surface area contributed by atoms with E-state index in [-0.39, 0.29) is 28.4 Å². The third-order valence-electron chi connectivity index (χ3n) is 15.1. The molecule has 4 heterocycles. The highest BCUT2D eigenvalue weighted by Crippen LogP contribution is 2.47. The molecule has 0 radical (unpaired) electrons. The van der Waals surface area contributed by atoms with Crippen LogP contribution in [0.1, 0.15) is 112 Å². The number of fused-ring (bicyclic) bond motifs is 2. The molecule has 0 atom stereocenters. The molecule has 8 aromatic rings. The summed E-state index contributed by atoms with van der Waals surface area (Å²) >= 11 is 0. The summed E-state index contributed by atoms with van der Waals surface area (Å²) in [5, 5.41) is 0. The molecule has 0 saturated carbocycles. The lowest BCUT2D eigenvalue weighted by atomic mass is 9.33. The zero-order valence-corrected chi connectivity index (χ0v) is 46.8. The molecule has 0 amide bonds. The number of anilines is 10. The van der Waals surface area contributed by atoms with Gasteiger partial charge < -0.3 is 9.80 Å². The van der Waals surface area contributed by atoms with Crippen LogP contribution in [0.3, 0.4) is 0 Å². The number of rotatable bonds is 10. The Labute approximate surface area is 453 Å². The first-order valence-corrected chi connectivity index (χ1v) is 26.7. The number of aromatic nitrogens is 2. The predicted octanol–water partition coefficient (Wildman–Crippen LogP) is 16.9. The average molecular weight is 998 g/mol. The molecule has 0 bridgehead atoms. The molecule has 7 nitrogen and oxygen atoms in total. The molecule has 0 spiro atoms. The second kappa shape index (κ2) is 19.6. The first-order chi connectivity index (χ1) is 36.1. The van der Waals surface area contributed by atoms with Crippen LogP contribution in [0.25, 0.3) is 0 Å². The molecule has 0 fully saturated rings. The van der Waals surface area contributed by atoms with Gasteiger partial charge in [-0.05, 0) is 141 Å². The monoisotopic (exact) mass is 998 g/mol. The van der Waals surface area contributed by atoms with E-state index in [4.69, 9.17) is 15.0 Å². The van der Waals surface area contributed by atoms with Gasteiger partial charge in [0.25, 0.3) is 0 Å². The molecule has 0 unspecified atom stereocenters. The van der Waals surface area contributed by atoms with Gasteiger partial charge >= 0.3 is 0 Å². The summed E-state index contributed by atoms with van der Waals surface area (Å²) in [7, 11) is 0. The van der Waals surface area contributed by atoms with Crippen LogP contribution in [-0.4, -0.2) is 23.4 Å². The highest BCUT2D eigenvalue weighted by atomic mass is 15.2. The number of benzene rings is 6. The Kier molecular flexibility index (Phi) is 13.3. The van der Waals surface area contributed by atoms with Gasteiger partial charge in [-0.1, -0.05) is 173 Å². The van der Waals surface area contributed by atoms with Crippen molar-refractivity contribution in [3.8, 4) is 0 Å². The third-order valence-corrected chi connectivity index (χ3v) is 15.1. The summed E-state index contributed by atoms with van der Waals surface area (Å²) in [5.41, 5.74) is 18.6. The molecular formula is C68H72BN7. The van der Waals surface area contributed by atoms with Crippen molar-refractivity contribution < 1.29 is 0 Å². The number of allylic oxidation sites excluding steroid dienone is 2. The fourth-order valence-corrected chi connectivity index (χ4v) is 10.7. The van der Waals surface area contributed by atoms with E-state index in [0.717, 1.165) is 79.1 Å². The number of hydrogen-bond donors (Lipinski definition) is 0. The molecule has 0 N–H and O–H groups in total. The van der Waals surface area contributed by atoms with Crippen LogP contribution in [-0.2, 0) is 21.7 Å². The van der Waals surface area contributed by atoms with E-state index in [1.165, 1.54) is 22.3 Å². The van der Waals surface area contributed by atoms with Crippen molar-refractivity contribution >= 4 is 81.4 Å². The molecule has 10 rings (SSSR count). The van der Waals surface area contributed by atoms with Gasteiger partial charge in [-0.2, -0.15) is 0 Å². The van der Waals surface area contributed by atoms with E-state index in [2.05, 4.69) is 292 Å². The lowest BCUT2D eigenvalue weighted by Crippen LogP contribution is -2.55. The van der Waals surface area contributed by atoms with E-state index in [0.29, 0.717) is 5.82 Å². The van der Waals surface area contributed by atoms with E-state index in [9.17, 15) is 0 Å². The van der Waals surface area contributed by atoms with Gasteiger partial charge in [0.2, 0.25) is 6.71 Å². The van der Waals surface area contributed by atoms with Crippen molar-refractivity contribution in [1.29, 1.82) is 0 Å². The first-order valence-electron chi connectivity index (χ1n) is 26.7. The van der Waals surface area contributed by atoms with Crippen LogP contribution in [0, 0.1) is 0 Å². The molecule has 2 aromatic heterocycles. The maximum absolute atomic E-state index is 5.51. The number of aliphatic imine (C=N–C) groups is 1. The Bertz CT molecular complexity index is 3350. The molecule has 0 saturated heterocycles. The molecule has 2 aliphatic heterocycles. The summed E-state index contributed by atoms with van der Waals surface area (Å²) in [6.45, 7) is 33.5. The minimum atomic E-state index is -0.196. The van der Waals surface area contributed by atoms with Crippen molar-refractivity contribution in [3.05, 3.63) is 228 Å². The first kappa shape index (κ1) is 51.5. The quantitative estimate of drug-likeness (QED) is 0.101. The minimum Gasteiger partial charge on any atom is -0.310 e. The zero-order chi connectivity index (χ0) is 53.9. The largest absolute Gasteiger partial charge is 0.310 e. The standard InChI is InChI=1S/C68H72BN7/c1-46-58(41-62(70-14)73(53-33-25-47(26-34-53)65(2,3)4)54-35-27-48(28-36-54)66(5,6)7)75(51-21-17-15-18-22-51)60-44-71-45-61-64(60)69(46)57-43-72-63(42-59(57)76(61)52-23-19-16-20-24-52)74(55-37-29-49(30-38-55)67(8,9)10)56-39-31-50(32-40-56)68(11,12)13/h15-45H,14H2,1-13H3/b62-41+. The average Bonchev–Trinajstić information content (AvgIpc) is 3.59.